The number of nitrogens with one attached hydrogen (secondary N) is 2. The third kappa shape index (κ3) is 4.96. The van der Waals surface area contributed by atoms with Crippen molar-refractivity contribution in [1.29, 1.82) is 0 Å². The van der Waals surface area contributed by atoms with Crippen molar-refractivity contribution in [3.05, 3.63) is 46.7 Å². The van der Waals surface area contributed by atoms with Gasteiger partial charge in [-0.05, 0) is 43.6 Å². The molecule has 2 heterocycles. The first-order chi connectivity index (χ1) is 12.0. The maximum absolute atomic E-state index is 12.4. The van der Waals surface area contributed by atoms with Gasteiger partial charge in [0.15, 0.2) is 5.69 Å². The highest BCUT2D eigenvalue weighted by Gasteiger charge is 2.23. The van der Waals surface area contributed by atoms with Crippen molar-refractivity contribution in [3.63, 3.8) is 0 Å². The van der Waals surface area contributed by atoms with E-state index >= 15 is 0 Å². The second-order valence-corrected chi connectivity index (χ2v) is 7.58. The molecular formula is C18H25Cl2N5O. The van der Waals surface area contributed by atoms with Crippen LogP contribution < -0.4 is 10.6 Å². The van der Waals surface area contributed by atoms with E-state index in [-0.39, 0.29) is 23.7 Å². The topological polar surface area (TPSA) is 71.8 Å². The first kappa shape index (κ1) is 20.7. The third-order valence-electron chi connectivity index (χ3n) is 4.72. The lowest BCUT2D eigenvalue weighted by molar-refractivity contribution is 0.0940. The van der Waals surface area contributed by atoms with Crippen LogP contribution in [0.25, 0.3) is 0 Å². The molecule has 0 bridgehead atoms. The smallest absolute Gasteiger partial charge is 0.273 e. The number of benzene rings is 1. The summed E-state index contributed by atoms with van der Waals surface area (Å²) in [5, 5.41) is 15.2. The molecule has 1 aromatic carbocycles. The molecule has 3 rings (SSSR count). The first-order valence-electron chi connectivity index (χ1n) is 8.62. The van der Waals surface area contributed by atoms with E-state index in [2.05, 4.69) is 34.8 Å². The SMILES string of the molecule is CC(C)(CNC(=O)c1cn(C2CCNCC2)nn1)c1cccc(Cl)c1.Cl. The Labute approximate surface area is 165 Å². The van der Waals surface area contributed by atoms with Gasteiger partial charge in [-0.3, -0.25) is 4.79 Å². The first-order valence-corrected chi connectivity index (χ1v) is 9.00. The van der Waals surface area contributed by atoms with Crippen LogP contribution in [0.1, 0.15) is 48.8 Å². The molecule has 1 aliphatic heterocycles. The molecule has 0 saturated carbocycles. The lowest BCUT2D eigenvalue weighted by Gasteiger charge is -2.25. The summed E-state index contributed by atoms with van der Waals surface area (Å²) in [6, 6.07) is 8.04. The Morgan fingerprint density at radius 2 is 2.12 bits per heavy atom. The quantitative estimate of drug-likeness (QED) is 0.813. The summed E-state index contributed by atoms with van der Waals surface area (Å²) in [6.07, 6.45) is 3.76. The van der Waals surface area contributed by atoms with Gasteiger partial charge in [0.05, 0.1) is 12.2 Å². The number of rotatable bonds is 5. The number of hydrogen-bond acceptors (Lipinski definition) is 4. The van der Waals surface area contributed by atoms with Crippen LogP contribution in [0.4, 0.5) is 0 Å². The van der Waals surface area contributed by atoms with E-state index in [1.54, 1.807) is 6.20 Å². The average Bonchev–Trinajstić information content (AvgIpc) is 3.11. The molecule has 1 saturated heterocycles. The van der Waals surface area contributed by atoms with Crippen LogP contribution in [-0.4, -0.2) is 40.5 Å². The fourth-order valence-corrected chi connectivity index (χ4v) is 3.22. The molecule has 0 spiro atoms. The molecular weight excluding hydrogens is 373 g/mol. The third-order valence-corrected chi connectivity index (χ3v) is 4.96. The molecule has 0 unspecified atom stereocenters. The standard InChI is InChI=1S/C18H24ClN5O.ClH/c1-18(2,13-4-3-5-14(19)10-13)12-21-17(25)16-11-24(23-22-16)15-6-8-20-9-7-15;/h3-5,10-11,15,20H,6-9,12H2,1-2H3,(H,21,25);1H. The van der Waals surface area contributed by atoms with Crippen LogP contribution in [0.3, 0.4) is 0 Å². The van der Waals surface area contributed by atoms with E-state index in [0.29, 0.717) is 23.3 Å². The highest BCUT2D eigenvalue weighted by Crippen LogP contribution is 2.25. The minimum atomic E-state index is -0.231. The van der Waals surface area contributed by atoms with Crippen molar-refractivity contribution in [2.75, 3.05) is 19.6 Å². The highest BCUT2D eigenvalue weighted by atomic mass is 35.5. The van der Waals surface area contributed by atoms with Gasteiger partial charge in [-0.1, -0.05) is 42.8 Å². The molecule has 1 fully saturated rings. The Morgan fingerprint density at radius 3 is 2.81 bits per heavy atom. The Kier molecular flexibility index (Phi) is 7.03. The Morgan fingerprint density at radius 1 is 1.38 bits per heavy atom. The van der Waals surface area contributed by atoms with E-state index in [1.807, 2.05) is 28.9 Å². The van der Waals surface area contributed by atoms with Crippen molar-refractivity contribution in [2.24, 2.45) is 0 Å². The number of nitrogens with zero attached hydrogens (tertiary/aromatic N) is 3. The molecule has 0 radical (unpaired) electrons. The maximum atomic E-state index is 12.4. The molecule has 1 aliphatic rings. The van der Waals surface area contributed by atoms with Crippen LogP contribution in [0.15, 0.2) is 30.5 Å². The van der Waals surface area contributed by atoms with Gasteiger partial charge >= 0.3 is 0 Å². The molecule has 1 amide bonds. The second kappa shape index (κ2) is 8.84. The Bertz CT molecular complexity index is 741. The van der Waals surface area contributed by atoms with Crippen LogP contribution in [0.2, 0.25) is 5.02 Å². The van der Waals surface area contributed by atoms with Gasteiger partial charge in [0.1, 0.15) is 0 Å². The molecule has 1 aromatic heterocycles. The summed E-state index contributed by atoms with van der Waals surface area (Å²) in [7, 11) is 0. The molecule has 6 nitrogen and oxygen atoms in total. The highest BCUT2D eigenvalue weighted by molar-refractivity contribution is 6.30. The predicted molar refractivity (Wildman–Crippen MR) is 105 cm³/mol. The Balaban J connectivity index is 0.00000243. The van der Waals surface area contributed by atoms with Crippen molar-refractivity contribution >= 4 is 29.9 Å². The molecule has 0 atom stereocenters. The number of aromatic nitrogens is 3. The largest absolute Gasteiger partial charge is 0.350 e. The van der Waals surface area contributed by atoms with Crippen molar-refractivity contribution in [2.45, 2.75) is 38.1 Å². The molecule has 8 heteroatoms. The lowest BCUT2D eigenvalue weighted by Crippen LogP contribution is -2.36. The van der Waals surface area contributed by atoms with Crippen molar-refractivity contribution in [3.8, 4) is 0 Å². The summed E-state index contributed by atoms with van der Waals surface area (Å²) in [5.74, 6) is -0.199. The van der Waals surface area contributed by atoms with Gasteiger partial charge in [0, 0.05) is 17.0 Å². The predicted octanol–water partition coefficient (Wildman–Crippen LogP) is 2.99. The zero-order valence-corrected chi connectivity index (χ0v) is 16.6. The molecule has 142 valence electrons. The van der Waals surface area contributed by atoms with E-state index in [4.69, 9.17) is 11.6 Å². The number of piperidine rings is 1. The molecule has 2 aromatic rings. The number of halogens is 2. The zero-order valence-electron chi connectivity index (χ0n) is 15.0. The van der Waals surface area contributed by atoms with Crippen LogP contribution >= 0.6 is 24.0 Å². The number of carbonyl (C=O) groups is 1. The summed E-state index contributed by atoms with van der Waals surface area (Å²) in [6.45, 7) is 6.59. The van der Waals surface area contributed by atoms with Crippen LogP contribution in [0, 0.1) is 0 Å². The van der Waals surface area contributed by atoms with Gasteiger partial charge in [0.2, 0.25) is 0 Å². The van der Waals surface area contributed by atoms with Crippen molar-refractivity contribution < 1.29 is 4.79 Å². The second-order valence-electron chi connectivity index (χ2n) is 7.14. The minimum absolute atomic E-state index is 0. The lowest BCUT2D eigenvalue weighted by atomic mass is 9.84. The van der Waals surface area contributed by atoms with Gasteiger partial charge < -0.3 is 10.6 Å². The maximum Gasteiger partial charge on any atom is 0.273 e. The molecule has 0 aliphatic carbocycles. The number of hydrogen-bond donors (Lipinski definition) is 2. The normalized spacial score (nSPS) is 15.3. The van der Waals surface area contributed by atoms with Gasteiger partial charge in [-0.25, -0.2) is 4.68 Å². The number of amides is 1. The monoisotopic (exact) mass is 397 g/mol. The zero-order chi connectivity index (χ0) is 17.9. The minimum Gasteiger partial charge on any atom is -0.350 e. The van der Waals surface area contributed by atoms with Crippen molar-refractivity contribution in [1.82, 2.24) is 25.6 Å². The average molecular weight is 398 g/mol. The van der Waals surface area contributed by atoms with E-state index in [9.17, 15) is 4.79 Å². The van der Waals surface area contributed by atoms with Gasteiger partial charge in [0.25, 0.3) is 5.91 Å². The van der Waals surface area contributed by atoms with Crippen LogP contribution in [0.5, 0.6) is 0 Å². The fraction of sp³-hybridized carbons (Fsp3) is 0.500. The Hall–Kier alpha value is -1.63. The molecule has 2 N–H and O–H groups in total. The summed E-state index contributed by atoms with van der Waals surface area (Å²) >= 11 is 6.07. The van der Waals surface area contributed by atoms with E-state index in [0.717, 1.165) is 31.5 Å². The van der Waals surface area contributed by atoms with Crippen LogP contribution in [-0.2, 0) is 5.41 Å². The van der Waals surface area contributed by atoms with Gasteiger partial charge in [-0.2, -0.15) is 0 Å². The van der Waals surface area contributed by atoms with E-state index < -0.39 is 0 Å². The number of carbonyl (C=O) groups excluding carboxylic acids is 1. The van der Waals surface area contributed by atoms with E-state index in [1.165, 1.54) is 0 Å². The molecule has 26 heavy (non-hydrogen) atoms. The van der Waals surface area contributed by atoms with Gasteiger partial charge in [-0.15, -0.1) is 17.5 Å². The fourth-order valence-electron chi connectivity index (χ4n) is 3.03. The summed E-state index contributed by atoms with van der Waals surface area (Å²) in [4.78, 5) is 12.4. The summed E-state index contributed by atoms with van der Waals surface area (Å²) in [5.41, 5.74) is 1.21. The summed E-state index contributed by atoms with van der Waals surface area (Å²) < 4.78 is 1.82.